The van der Waals surface area contributed by atoms with Gasteiger partial charge in [-0.05, 0) is 24.5 Å². The first kappa shape index (κ1) is 17.4. The highest BCUT2D eigenvalue weighted by atomic mass is 16.2. The fourth-order valence-corrected chi connectivity index (χ4v) is 2.77. The van der Waals surface area contributed by atoms with Gasteiger partial charge in [-0.15, -0.1) is 5.10 Å². The van der Waals surface area contributed by atoms with Crippen LogP contribution in [0.25, 0.3) is 0 Å². The molecule has 2 amide bonds. The molecule has 23 heavy (non-hydrogen) atoms. The Morgan fingerprint density at radius 3 is 2.39 bits per heavy atom. The lowest BCUT2D eigenvalue weighted by Gasteiger charge is -2.29. The van der Waals surface area contributed by atoms with Gasteiger partial charge < -0.3 is 10.2 Å². The molecule has 1 atom stereocenters. The van der Waals surface area contributed by atoms with Crippen LogP contribution < -0.4 is 5.32 Å². The van der Waals surface area contributed by atoms with Crippen molar-refractivity contribution in [2.24, 2.45) is 5.92 Å². The number of hydrogen-bond acceptors (Lipinski definition) is 4. The summed E-state index contributed by atoms with van der Waals surface area (Å²) in [6.07, 6.45) is 1.34. The van der Waals surface area contributed by atoms with Gasteiger partial charge in [-0.25, -0.2) is 0 Å². The third-order valence-corrected chi connectivity index (χ3v) is 4.03. The zero-order valence-corrected chi connectivity index (χ0v) is 14.6. The fraction of sp³-hybridized carbons (Fsp3) is 0.647. The number of aromatic nitrogens is 2. The fourth-order valence-electron chi connectivity index (χ4n) is 2.77. The first-order chi connectivity index (χ1) is 10.7. The quantitative estimate of drug-likeness (QED) is 0.924. The summed E-state index contributed by atoms with van der Waals surface area (Å²) in [4.78, 5) is 26.2. The van der Waals surface area contributed by atoms with Crippen molar-refractivity contribution in [3.63, 3.8) is 0 Å². The van der Waals surface area contributed by atoms with Crippen molar-refractivity contribution >= 4 is 17.6 Å². The number of amides is 2. The number of likely N-dealkylation sites (tertiary alicyclic amines) is 1. The monoisotopic (exact) mass is 318 g/mol. The zero-order valence-electron chi connectivity index (χ0n) is 14.6. The third kappa shape index (κ3) is 4.06. The van der Waals surface area contributed by atoms with E-state index in [1.807, 2.05) is 19.9 Å². The summed E-state index contributed by atoms with van der Waals surface area (Å²) in [6.45, 7) is 10.7. The average molecular weight is 318 g/mol. The predicted octanol–water partition coefficient (Wildman–Crippen LogP) is 2.36. The van der Waals surface area contributed by atoms with E-state index in [1.165, 1.54) is 0 Å². The Balaban J connectivity index is 2.11. The van der Waals surface area contributed by atoms with E-state index in [2.05, 4.69) is 36.3 Å². The topological polar surface area (TPSA) is 75.2 Å². The molecule has 2 heterocycles. The van der Waals surface area contributed by atoms with Crippen molar-refractivity contribution in [2.45, 2.75) is 58.9 Å². The molecule has 0 spiro atoms. The minimum Gasteiger partial charge on any atom is -0.330 e. The molecule has 6 nitrogen and oxygen atoms in total. The van der Waals surface area contributed by atoms with Gasteiger partial charge in [0.15, 0.2) is 5.82 Å². The Morgan fingerprint density at radius 2 is 1.96 bits per heavy atom. The number of nitrogens with one attached hydrogen (secondary N) is 1. The minimum atomic E-state index is -0.464. The first-order valence-corrected chi connectivity index (χ1v) is 8.14. The number of carbonyl (C=O) groups is 2. The summed E-state index contributed by atoms with van der Waals surface area (Å²) in [5.41, 5.74) is 0.781. The van der Waals surface area contributed by atoms with Crippen LogP contribution in [0, 0.1) is 5.92 Å². The van der Waals surface area contributed by atoms with Crippen LogP contribution in [0.1, 0.15) is 53.2 Å². The molecule has 1 aromatic rings. The van der Waals surface area contributed by atoms with E-state index >= 15 is 0 Å². The number of carbonyl (C=O) groups excluding carboxylic acids is 2. The van der Waals surface area contributed by atoms with Gasteiger partial charge in [-0.1, -0.05) is 34.6 Å². The first-order valence-electron chi connectivity index (χ1n) is 8.14. The van der Waals surface area contributed by atoms with E-state index in [0.29, 0.717) is 18.8 Å². The number of nitrogens with zero attached hydrogens (tertiary/aromatic N) is 3. The molecule has 1 aliphatic rings. The molecular formula is C17H26N4O2. The lowest BCUT2D eigenvalue weighted by molar-refractivity contribution is -0.136. The molecule has 0 aliphatic carbocycles. The van der Waals surface area contributed by atoms with Gasteiger partial charge in [0.1, 0.15) is 6.04 Å². The normalized spacial score (nSPS) is 16.8. The predicted molar refractivity (Wildman–Crippen MR) is 88.9 cm³/mol. The lowest BCUT2D eigenvalue weighted by Crippen LogP contribution is -2.48. The van der Waals surface area contributed by atoms with Crippen LogP contribution in [0.2, 0.25) is 0 Å². The summed E-state index contributed by atoms with van der Waals surface area (Å²) in [5.74, 6) is 0.306. The number of anilines is 1. The Morgan fingerprint density at radius 1 is 1.26 bits per heavy atom. The van der Waals surface area contributed by atoms with E-state index in [0.717, 1.165) is 12.1 Å². The minimum absolute atomic E-state index is 0.0406. The largest absolute Gasteiger partial charge is 0.330 e. The molecule has 0 aromatic carbocycles. The molecule has 1 saturated heterocycles. The van der Waals surface area contributed by atoms with Gasteiger partial charge in [-0.3, -0.25) is 9.59 Å². The highest BCUT2D eigenvalue weighted by Gasteiger charge is 2.35. The van der Waals surface area contributed by atoms with Crippen LogP contribution in [0.5, 0.6) is 0 Å². The smallest absolute Gasteiger partial charge is 0.248 e. The molecule has 1 N–H and O–H groups in total. The molecule has 1 fully saturated rings. The third-order valence-electron chi connectivity index (χ3n) is 4.03. The van der Waals surface area contributed by atoms with Crippen LogP contribution in [-0.4, -0.2) is 39.5 Å². The second kappa shape index (κ2) is 6.64. The molecule has 2 rings (SSSR count). The van der Waals surface area contributed by atoms with Crippen LogP contribution in [0.15, 0.2) is 12.1 Å². The zero-order chi connectivity index (χ0) is 17.2. The maximum Gasteiger partial charge on any atom is 0.248 e. The number of hydrogen-bond donors (Lipinski definition) is 1. The molecule has 0 saturated carbocycles. The van der Waals surface area contributed by atoms with E-state index in [4.69, 9.17) is 0 Å². The summed E-state index contributed by atoms with van der Waals surface area (Å²) in [7, 11) is 0. The highest BCUT2D eigenvalue weighted by Crippen LogP contribution is 2.22. The molecule has 0 unspecified atom stereocenters. The molecule has 1 aromatic heterocycles. The molecular weight excluding hydrogens is 292 g/mol. The SMILES string of the molecule is CC(C)[C@H](C(=O)Nc1ccc(C(C)(C)C)nn1)N1CCCC1=O. The van der Waals surface area contributed by atoms with E-state index in [9.17, 15) is 9.59 Å². The van der Waals surface area contributed by atoms with Crippen molar-refractivity contribution in [3.05, 3.63) is 17.8 Å². The maximum absolute atomic E-state index is 12.6. The van der Waals surface area contributed by atoms with Gasteiger partial charge >= 0.3 is 0 Å². The van der Waals surface area contributed by atoms with Crippen molar-refractivity contribution in [3.8, 4) is 0 Å². The molecule has 0 bridgehead atoms. The van der Waals surface area contributed by atoms with Crippen LogP contribution in [-0.2, 0) is 15.0 Å². The summed E-state index contributed by atoms with van der Waals surface area (Å²) >= 11 is 0. The van der Waals surface area contributed by atoms with Gasteiger partial charge in [0.25, 0.3) is 0 Å². The van der Waals surface area contributed by atoms with E-state index < -0.39 is 6.04 Å². The maximum atomic E-state index is 12.6. The van der Waals surface area contributed by atoms with E-state index in [-0.39, 0.29) is 23.1 Å². The Labute approximate surface area is 137 Å². The Kier molecular flexibility index (Phi) is 5.02. The van der Waals surface area contributed by atoms with Crippen molar-refractivity contribution in [1.82, 2.24) is 15.1 Å². The number of rotatable bonds is 4. The van der Waals surface area contributed by atoms with Gasteiger partial charge in [0.05, 0.1) is 5.69 Å². The lowest BCUT2D eigenvalue weighted by atomic mass is 9.92. The Bertz CT molecular complexity index is 575. The highest BCUT2D eigenvalue weighted by molar-refractivity contribution is 5.97. The van der Waals surface area contributed by atoms with Gasteiger partial charge in [-0.2, -0.15) is 5.10 Å². The van der Waals surface area contributed by atoms with Gasteiger partial charge in [0.2, 0.25) is 11.8 Å². The second-order valence-electron chi connectivity index (χ2n) is 7.42. The van der Waals surface area contributed by atoms with E-state index in [1.54, 1.807) is 11.0 Å². The van der Waals surface area contributed by atoms with Crippen LogP contribution >= 0.6 is 0 Å². The molecule has 6 heteroatoms. The second-order valence-corrected chi connectivity index (χ2v) is 7.42. The molecule has 126 valence electrons. The molecule has 1 aliphatic heterocycles. The molecule has 0 radical (unpaired) electrons. The summed E-state index contributed by atoms with van der Waals surface area (Å²) in [6, 6.07) is 3.16. The van der Waals surface area contributed by atoms with Crippen LogP contribution in [0.3, 0.4) is 0 Å². The Hall–Kier alpha value is -1.98. The summed E-state index contributed by atoms with van der Waals surface area (Å²) in [5, 5.41) is 11.1. The van der Waals surface area contributed by atoms with Crippen molar-refractivity contribution < 1.29 is 9.59 Å². The van der Waals surface area contributed by atoms with Gasteiger partial charge in [0, 0.05) is 18.4 Å². The van der Waals surface area contributed by atoms with Crippen molar-refractivity contribution in [2.75, 3.05) is 11.9 Å². The standard InChI is InChI=1S/C17H26N4O2/c1-11(2)15(21-10-6-7-14(21)22)16(23)18-13-9-8-12(19-20-13)17(3,4)5/h8-9,11,15H,6-7,10H2,1-5H3,(H,18,20,23)/t15-/m1/s1. The average Bonchev–Trinajstić information content (AvgIpc) is 2.84. The van der Waals surface area contributed by atoms with Crippen molar-refractivity contribution in [1.29, 1.82) is 0 Å². The summed E-state index contributed by atoms with van der Waals surface area (Å²) < 4.78 is 0. The van der Waals surface area contributed by atoms with Crippen LogP contribution in [0.4, 0.5) is 5.82 Å².